The molecule has 0 saturated heterocycles. The van der Waals surface area contributed by atoms with Gasteiger partial charge in [0.15, 0.2) is 0 Å². The molecule has 30 heavy (non-hydrogen) atoms. The van der Waals surface area contributed by atoms with Gasteiger partial charge in [0.2, 0.25) is 0 Å². The molecule has 0 aliphatic carbocycles. The lowest BCUT2D eigenvalue weighted by atomic mass is 9.96. The van der Waals surface area contributed by atoms with Gasteiger partial charge in [-0.15, -0.1) is 0 Å². The summed E-state index contributed by atoms with van der Waals surface area (Å²) in [4.78, 5) is 30.3. The number of carbonyl (C=O) groups excluding carboxylic acids is 2. The van der Waals surface area contributed by atoms with E-state index < -0.39 is 0 Å². The van der Waals surface area contributed by atoms with Crippen LogP contribution in [0.1, 0.15) is 34.2 Å². The predicted octanol–water partition coefficient (Wildman–Crippen LogP) is 3.48. The molecule has 0 saturated carbocycles. The Kier molecular flexibility index (Phi) is 5.73. The second-order valence-electron chi connectivity index (χ2n) is 8.07. The molecule has 0 spiro atoms. The van der Waals surface area contributed by atoms with E-state index in [0.717, 1.165) is 24.1 Å². The average molecular weight is 405 g/mol. The zero-order chi connectivity index (χ0) is 21.3. The van der Waals surface area contributed by atoms with E-state index in [1.165, 1.54) is 21.6 Å². The van der Waals surface area contributed by atoms with Crippen molar-refractivity contribution in [2.45, 2.75) is 33.2 Å². The monoisotopic (exact) mass is 404 g/mol. The van der Waals surface area contributed by atoms with E-state index in [9.17, 15) is 9.59 Å². The van der Waals surface area contributed by atoms with Crippen LogP contribution < -0.4 is 0 Å². The van der Waals surface area contributed by atoms with Crippen LogP contribution in [0.3, 0.4) is 0 Å². The van der Waals surface area contributed by atoms with Crippen molar-refractivity contribution in [3.8, 4) is 0 Å². The Morgan fingerprint density at radius 3 is 2.47 bits per heavy atom. The van der Waals surface area contributed by atoms with E-state index >= 15 is 0 Å². The number of hydrogen-bond donors (Lipinski definition) is 0. The van der Waals surface area contributed by atoms with Crippen LogP contribution in [0.15, 0.2) is 48.2 Å². The molecular formula is C25H28N2O3. The number of amides is 2. The number of carbonyl (C=O) groups is 2. The molecule has 5 heteroatoms. The van der Waals surface area contributed by atoms with E-state index in [-0.39, 0.29) is 11.8 Å². The third-order valence-electron chi connectivity index (χ3n) is 6.12. The molecule has 2 aliphatic heterocycles. The lowest BCUT2D eigenvalue weighted by Crippen LogP contribution is -2.38. The number of hydrogen-bond acceptors (Lipinski definition) is 4. The zero-order valence-electron chi connectivity index (χ0n) is 17.9. The lowest BCUT2D eigenvalue weighted by molar-refractivity contribution is -0.137. The van der Waals surface area contributed by atoms with Crippen LogP contribution in [-0.4, -0.2) is 48.4 Å². The van der Waals surface area contributed by atoms with Crippen molar-refractivity contribution in [2.24, 2.45) is 0 Å². The van der Waals surface area contributed by atoms with Crippen molar-refractivity contribution in [1.29, 1.82) is 0 Å². The Balaban J connectivity index is 1.75. The smallest absolute Gasteiger partial charge is 0.277 e. The van der Waals surface area contributed by atoms with Crippen LogP contribution in [0.5, 0.6) is 0 Å². The maximum atomic E-state index is 13.4. The molecule has 0 N–H and O–H groups in total. The van der Waals surface area contributed by atoms with Gasteiger partial charge in [0.25, 0.3) is 11.8 Å². The summed E-state index contributed by atoms with van der Waals surface area (Å²) in [5, 5.41) is 0. The lowest BCUT2D eigenvalue weighted by Gasteiger charge is -2.31. The van der Waals surface area contributed by atoms with Crippen molar-refractivity contribution in [3.05, 3.63) is 76.0 Å². The molecule has 2 aliphatic rings. The van der Waals surface area contributed by atoms with Crippen LogP contribution in [-0.2, 0) is 27.3 Å². The molecule has 2 amide bonds. The van der Waals surface area contributed by atoms with E-state index in [2.05, 4.69) is 30.0 Å². The predicted molar refractivity (Wildman–Crippen MR) is 117 cm³/mol. The molecule has 0 fully saturated rings. The third-order valence-corrected chi connectivity index (χ3v) is 6.12. The molecule has 0 atom stereocenters. The van der Waals surface area contributed by atoms with E-state index in [1.807, 2.05) is 31.2 Å². The summed E-state index contributed by atoms with van der Waals surface area (Å²) < 4.78 is 5.12. The van der Waals surface area contributed by atoms with Crippen LogP contribution in [0.25, 0.3) is 5.57 Å². The van der Waals surface area contributed by atoms with Gasteiger partial charge in [-0.05, 0) is 54.5 Å². The van der Waals surface area contributed by atoms with Crippen molar-refractivity contribution < 1.29 is 14.3 Å². The number of ether oxygens (including phenoxy) is 1. The number of rotatable bonds is 6. The van der Waals surface area contributed by atoms with Crippen molar-refractivity contribution >= 4 is 17.4 Å². The molecule has 2 aromatic carbocycles. The molecule has 4 rings (SSSR count). The van der Waals surface area contributed by atoms with Gasteiger partial charge in [-0.1, -0.05) is 42.5 Å². The molecule has 5 nitrogen and oxygen atoms in total. The summed E-state index contributed by atoms with van der Waals surface area (Å²) in [6.45, 7) is 6.34. The van der Waals surface area contributed by atoms with Gasteiger partial charge in [-0.3, -0.25) is 14.5 Å². The largest absolute Gasteiger partial charge is 0.385 e. The van der Waals surface area contributed by atoms with Gasteiger partial charge in [0, 0.05) is 33.4 Å². The van der Waals surface area contributed by atoms with Gasteiger partial charge >= 0.3 is 0 Å². The highest BCUT2D eigenvalue weighted by atomic mass is 16.5. The van der Waals surface area contributed by atoms with Gasteiger partial charge in [-0.25, -0.2) is 0 Å². The molecule has 156 valence electrons. The first-order chi connectivity index (χ1) is 14.5. The van der Waals surface area contributed by atoms with Gasteiger partial charge in [-0.2, -0.15) is 0 Å². The van der Waals surface area contributed by atoms with Gasteiger partial charge < -0.3 is 9.64 Å². The minimum atomic E-state index is -0.201. The first kappa shape index (κ1) is 20.4. The van der Waals surface area contributed by atoms with E-state index in [1.54, 1.807) is 7.11 Å². The highest BCUT2D eigenvalue weighted by Gasteiger charge is 2.41. The van der Waals surface area contributed by atoms with Crippen molar-refractivity contribution in [1.82, 2.24) is 9.80 Å². The summed E-state index contributed by atoms with van der Waals surface area (Å²) in [5.74, 6) is -0.392. The molecule has 0 radical (unpaired) electrons. The first-order valence-electron chi connectivity index (χ1n) is 10.5. The van der Waals surface area contributed by atoms with Crippen LogP contribution in [0, 0.1) is 13.8 Å². The number of aryl methyl sites for hydroxylation is 2. The molecule has 0 unspecified atom stereocenters. The normalized spacial score (nSPS) is 16.5. The molecular weight excluding hydrogens is 376 g/mol. The minimum absolute atomic E-state index is 0.191. The molecule has 0 bridgehead atoms. The second-order valence-corrected chi connectivity index (χ2v) is 8.07. The van der Waals surface area contributed by atoms with E-state index in [0.29, 0.717) is 37.4 Å². The summed E-state index contributed by atoms with van der Waals surface area (Å²) in [5.41, 5.74) is 6.70. The number of nitrogens with zero attached hydrogens (tertiary/aromatic N) is 2. The summed E-state index contributed by atoms with van der Waals surface area (Å²) in [7, 11) is 1.63. The highest BCUT2D eigenvalue weighted by Crippen LogP contribution is 2.35. The van der Waals surface area contributed by atoms with Gasteiger partial charge in [0.05, 0.1) is 5.57 Å². The highest BCUT2D eigenvalue weighted by molar-refractivity contribution is 6.35. The SMILES string of the molecule is COCCCN1C(=O)C(c2ccc(C)c(C)c2)=C(N2CCc3ccccc3C2)C1=O. The van der Waals surface area contributed by atoms with E-state index in [4.69, 9.17) is 4.74 Å². The Labute approximate surface area is 177 Å². The van der Waals surface area contributed by atoms with Gasteiger partial charge in [0.1, 0.15) is 5.70 Å². The summed E-state index contributed by atoms with van der Waals surface area (Å²) in [6.07, 6.45) is 1.50. The Hall–Kier alpha value is -2.92. The standard InChI is InChI=1S/C25H28N2O3/c1-17-9-10-20(15-18(17)2)22-23(25(29)27(24(22)28)12-6-14-30-3)26-13-11-19-7-4-5-8-21(19)16-26/h4-5,7-10,15H,6,11-14,16H2,1-3H3. The quantitative estimate of drug-likeness (QED) is 0.546. The maximum absolute atomic E-state index is 13.4. The van der Waals surface area contributed by atoms with Crippen LogP contribution in [0.2, 0.25) is 0 Å². The fourth-order valence-corrected chi connectivity index (χ4v) is 4.27. The maximum Gasteiger partial charge on any atom is 0.277 e. The molecule has 2 aromatic rings. The minimum Gasteiger partial charge on any atom is -0.385 e. The Bertz CT molecular complexity index is 1020. The number of fused-ring (bicyclic) bond motifs is 1. The zero-order valence-corrected chi connectivity index (χ0v) is 17.9. The first-order valence-corrected chi connectivity index (χ1v) is 10.5. The fraction of sp³-hybridized carbons (Fsp3) is 0.360. The third kappa shape index (κ3) is 3.65. The van der Waals surface area contributed by atoms with Crippen molar-refractivity contribution in [3.63, 3.8) is 0 Å². The topological polar surface area (TPSA) is 49.9 Å². The second kappa shape index (κ2) is 8.44. The number of imide groups is 1. The number of benzene rings is 2. The van der Waals surface area contributed by atoms with Crippen LogP contribution >= 0.6 is 0 Å². The summed E-state index contributed by atoms with van der Waals surface area (Å²) in [6, 6.07) is 14.3. The number of methoxy groups -OCH3 is 1. The Morgan fingerprint density at radius 2 is 1.73 bits per heavy atom. The summed E-state index contributed by atoms with van der Waals surface area (Å²) >= 11 is 0. The Morgan fingerprint density at radius 1 is 0.967 bits per heavy atom. The average Bonchev–Trinajstić information content (AvgIpc) is 3.00. The van der Waals surface area contributed by atoms with Crippen molar-refractivity contribution in [2.75, 3.05) is 26.8 Å². The molecule has 0 aromatic heterocycles. The van der Waals surface area contributed by atoms with Crippen LogP contribution in [0.4, 0.5) is 0 Å². The fourth-order valence-electron chi connectivity index (χ4n) is 4.27. The molecule has 2 heterocycles.